The maximum atomic E-state index is 12.8. The van der Waals surface area contributed by atoms with Crippen LogP contribution in [-0.4, -0.2) is 190 Å². The minimum atomic E-state index is -0.673. The van der Waals surface area contributed by atoms with Crippen molar-refractivity contribution in [2.75, 3.05) is 54.9 Å². The number of esters is 8. The second-order valence-corrected chi connectivity index (χ2v) is 28.8. The number of carbonyl (C=O) groups excluding carboxylic acids is 12. The number of aromatic nitrogens is 4. The van der Waals surface area contributed by atoms with Gasteiger partial charge in [-0.25, -0.2) is 38.4 Å². The van der Waals surface area contributed by atoms with Gasteiger partial charge < -0.3 is 77.4 Å². The van der Waals surface area contributed by atoms with Crippen molar-refractivity contribution in [3.8, 4) is 0 Å². The van der Waals surface area contributed by atoms with E-state index in [-0.39, 0.29) is 50.1 Å². The van der Waals surface area contributed by atoms with E-state index < -0.39 is 96.1 Å². The number of hydrogen-bond acceptors (Lipinski definition) is 20. The highest BCUT2D eigenvalue weighted by molar-refractivity contribution is 6.00. The summed E-state index contributed by atoms with van der Waals surface area (Å²) in [4.78, 5) is 168. The Kier molecular flexibility index (Phi) is 19.4. The fourth-order valence-electron chi connectivity index (χ4n) is 17.4. The molecule has 4 aromatic heterocycles. The Hall–Kier alpha value is -14.4. The molecule has 0 spiro atoms. The van der Waals surface area contributed by atoms with Gasteiger partial charge in [-0.3, -0.25) is 19.2 Å². The van der Waals surface area contributed by atoms with Gasteiger partial charge in [0, 0.05) is 92.1 Å². The maximum Gasteiger partial charge on any atom is 0.337 e. The number of amides is 4. The molecular weight excluding hydrogens is 1490 g/mol. The number of rotatable bonds is 8. The van der Waals surface area contributed by atoms with Crippen LogP contribution in [0.3, 0.4) is 0 Å². The molecule has 0 saturated carbocycles. The molecule has 4 saturated heterocycles. The van der Waals surface area contributed by atoms with Crippen molar-refractivity contribution in [1.29, 1.82) is 0 Å². The number of carbonyl (C=O) groups is 12. The van der Waals surface area contributed by atoms with E-state index in [4.69, 9.17) is 37.9 Å². The van der Waals surface area contributed by atoms with E-state index in [0.29, 0.717) is 47.9 Å². The van der Waals surface area contributed by atoms with Crippen LogP contribution in [0.4, 0.5) is 0 Å². The van der Waals surface area contributed by atoms with Gasteiger partial charge in [-0.2, -0.15) is 0 Å². The van der Waals surface area contributed by atoms with E-state index in [1.165, 1.54) is 28.4 Å². The quantitative estimate of drug-likeness (QED) is 0.0812. The molecule has 4 amide bonds. The van der Waals surface area contributed by atoms with Gasteiger partial charge in [-0.15, -0.1) is 0 Å². The normalized spacial score (nSPS) is 20.8. The third-order valence-electron chi connectivity index (χ3n) is 22.7. The van der Waals surface area contributed by atoms with Crippen molar-refractivity contribution < 1.29 is 95.4 Å². The lowest BCUT2D eigenvalue weighted by atomic mass is 9.87. The summed E-state index contributed by atoms with van der Waals surface area (Å²) >= 11 is 0. The minimum Gasteiger partial charge on any atom is -0.465 e. The summed E-state index contributed by atoms with van der Waals surface area (Å²) < 4.78 is 39.5. The molecule has 20 rings (SSSR count). The molecule has 12 heterocycles. The summed E-state index contributed by atoms with van der Waals surface area (Å²) in [6.07, 6.45) is 1.61. The molecule has 4 fully saturated rings. The molecule has 0 bridgehead atoms. The van der Waals surface area contributed by atoms with Gasteiger partial charge in [0.1, 0.15) is 24.2 Å². The molecule has 8 aliphatic heterocycles. The first-order chi connectivity index (χ1) is 56.3. The minimum absolute atomic E-state index is 0.235. The number of hydrogen-bond donors (Lipinski definition) is 4. The van der Waals surface area contributed by atoms with E-state index in [2.05, 4.69) is 19.9 Å². The van der Waals surface area contributed by atoms with E-state index in [9.17, 15) is 57.5 Å². The Balaban J connectivity index is 0.000000111. The Bertz CT molecular complexity index is 5320. The number of benzene rings is 8. The lowest BCUT2D eigenvalue weighted by Gasteiger charge is -2.43. The number of methoxy groups -OCH3 is 4. The SMILES string of the molecule is COC(=O)c1ccc([C@@H]2c3[nH]c4ccccc4c3C[C@@H]3C(=O)OCC(=O)N23)cc1.COC(=O)c1ccc([C@@H]2c3[nH]c4ccccc4c3C[C@H]3C(=O)OCC(=O)N23)cc1.COC(=O)c1ccc([C@H]2c3[nH]c4ccccc4c3C[C@@H]3C(=O)OCC(=O)N23)cc1.COC(=O)c1ccc([C@H]2c3[nH]c4ccccc4c3C[C@H]3C(=O)OCC(=O)N23)cc1. The fraction of sp³-hybridized carbons (Fsp3) is 0.227. The summed E-state index contributed by atoms with van der Waals surface area (Å²) in [5, 5.41) is 4.13. The number of para-hydroxylation sites is 4. The van der Waals surface area contributed by atoms with Crippen LogP contribution < -0.4 is 0 Å². The number of morpholine rings is 4. The highest BCUT2D eigenvalue weighted by atomic mass is 16.6. The van der Waals surface area contributed by atoms with Gasteiger partial charge in [0.15, 0.2) is 26.4 Å². The molecule has 8 aliphatic rings. The lowest BCUT2D eigenvalue weighted by molar-refractivity contribution is -0.171. The van der Waals surface area contributed by atoms with E-state index in [1.54, 1.807) is 117 Å². The molecule has 8 aromatic carbocycles. The highest BCUT2D eigenvalue weighted by Gasteiger charge is 2.52. The summed E-state index contributed by atoms with van der Waals surface area (Å²) in [5.74, 6) is -4.22. The number of cyclic esters (lactones) is 4. The van der Waals surface area contributed by atoms with Gasteiger partial charge in [0.2, 0.25) is 0 Å². The molecule has 0 aliphatic carbocycles. The zero-order valence-electron chi connectivity index (χ0n) is 62.7. The van der Waals surface area contributed by atoms with Crippen molar-refractivity contribution in [2.24, 2.45) is 0 Å². The van der Waals surface area contributed by atoms with Gasteiger partial charge in [-0.05, 0) is 117 Å². The molecule has 12 aromatic rings. The van der Waals surface area contributed by atoms with E-state index in [0.717, 1.165) is 111 Å². The van der Waals surface area contributed by atoms with Gasteiger partial charge in [0.25, 0.3) is 23.6 Å². The number of H-pyrrole nitrogens is 4. The maximum absolute atomic E-state index is 12.8. The van der Waals surface area contributed by atoms with Gasteiger partial charge in [0.05, 0.1) is 74.9 Å². The van der Waals surface area contributed by atoms with Crippen LogP contribution in [0.2, 0.25) is 0 Å². The average molecular weight is 1560 g/mol. The van der Waals surface area contributed by atoms with Crippen LogP contribution in [0.1, 0.15) is 133 Å². The summed E-state index contributed by atoms with van der Waals surface area (Å²) in [7, 11) is 5.32. The molecule has 0 unspecified atom stereocenters. The summed E-state index contributed by atoms with van der Waals surface area (Å²) in [5.41, 5.74) is 16.3. The monoisotopic (exact) mass is 1560 g/mol. The first-order valence-electron chi connectivity index (χ1n) is 37.4. The Labute approximate surface area is 659 Å². The van der Waals surface area contributed by atoms with Crippen LogP contribution in [-0.2, 0) is 102 Å². The Morgan fingerprint density at radius 3 is 0.664 bits per heavy atom. The van der Waals surface area contributed by atoms with Gasteiger partial charge >= 0.3 is 47.8 Å². The van der Waals surface area contributed by atoms with Crippen molar-refractivity contribution in [1.82, 2.24) is 39.5 Å². The molecular formula is C88H72N8O20. The number of nitrogens with one attached hydrogen (secondary N) is 4. The van der Waals surface area contributed by atoms with Crippen LogP contribution in [0.5, 0.6) is 0 Å². The van der Waals surface area contributed by atoms with Crippen LogP contribution in [0.15, 0.2) is 194 Å². The topological polar surface area (TPSA) is 355 Å². The smallest absolute Gasteiger partial charge is 0.337 e. The number of aromatic amines is 4. The molecule has 28 nitrogen and oxygen atoms in total. The Morgan fingerprint density at radius 2 is 0.474 bits per heavy atom. The van der Waals surface area contributed by atoms with Crippen molar-refractivity contribution in [3.63, 3.8) is 0 Å². The predicted molar refractivity (Wildman–Crippen MR) is 413 cm³/mol. The van der Waals surface area contributed by atoms with Crippen molar-refractivity contribution >= 4 is 115 Å². The molecule has 584 valence electrons. The number of ether oxygens (including phenoxy) is 8. The molecule has 8 atom stereocenters. The third kappa shape index (κ3) is 12.9. The number of nitrogens with zero attached hydrogens (tertiary/aromatic N) is 4. The predicted octanol–water partition coefficient (Wildman–Crippen LogP) is 9.42. The fourth-order valence-corrected chi connectivity index (χ4v) is 17.4. The number of fused-ring (bicyclic) bond motifs is 16. The van der Waals surface area contributed by atoms with Gasteiger partial charge in [-0.1, -0.05) is 121 Å². The second-order valence-electron chi connectivity index (χ2n) is 28.8. The third-order valence-corrected chi connectivity index (χ3v) is 22.7. The Morgan fingerprint density at radius 1 is 0.284 bits per heavy atom. The average Bonchev–Trinajstić information content (AvgIpc) is 1.54. The summed E-state index contributed by atoms with van der Waals surface area (Å²) in [6, 6.07) is 54.6. The zero-order valence-corrected chi connectivity index (χ0v) is 62.7. The second kappa shape index (κ2) is 30.2. The van der Waals surface area contributed by atoms with Crippen LogP contribution in [0, 0.1) is 0 Å². The highest BCUT2D eigenvalue weighted by Crippen LogP contribution is 2.48. The molecule has 0 radical (unpaired) electrons. The molecule has 4 N–H and O–H groups in total. The zero-order chi connectivity index (χ0) is 80.5. The lowest BCUT2D eigenvalue weighted by Crippen LogP contribution is -2.57. The standard InChI is InChI=1S/4C22H18N2O5/c4*1-28-21(26)13-8-6-12(7-9-13)20-19-15(14-4-2-3-5-16(14)23-19)10-17-22(27)29-11-18(25)24(17)20/h4*2-9,17,20,23H,10-11H2,1H3/t2*17-,20+;2*17-,20-/m1010/s1. The molecule has 116 heavy (non-hydrogen) atoms. The molecule has 28 heteroatoms. The van der Waals surface area contributed by atoms with E-state index in [1.807, 2.05) is 97.1 Å². The largest absolute Gasteiger partial charge is 0.465 e. The van der Waals surface area contributed by atoms with Crippen molar-refractivity contribution in [2.45, 2.75) is 74.0 Å². The van der Waals surface area contributed by atoms with E-state index >= 15 is 0 Å². The summed E-state index contributed by atoms with van der Waals surface area (Å²) in [6.45, 7) is -1.05. The van der Waals surface area contributed by atoms with Crippen LogP contribution >= 0.6 is 0 Å². The first kappa shape index (κ1) is 74.3. The van der Waals surface area contributed by atoms with Crippen molar-refractivity contribution in [3.05, 3.63) is 284 Å². The van der Waals surface area contributed by atoms with Crippen LogP contribution in [0.25, 0.3) is 43.6 Å². The first-order valence-corrected chi connectivity index (χ1v) is 37.4.